The van der Waals surface area contributed by atoms with E-state index in [1.165, 1.54) is 263 Å². The second-order valence-electron chi connectivity index (χ2n) is 30.0. The van der Waals surface area contributed by atoms with Gasteiger partial charge in [0.1, 0.15) is 19.3 Å². The Morgan fingerprint density at radius 3 is 0.673 bits per heavy atom. The smallest absolute Gasteiger partial charge is 0.462 e. The summed E-state index contributed by atoms with van der Waals surface area (Å²) < 4.78 is 68.8. The highest BCUT2D eigenvalue weighted by Crippen LogP contribution is 2.45. The molecule has 17 nitrogen and oxygen atoms in total. The normalized spacial score (nSPS) is 13.8. The van der Waals surface area contributed by atoms with Crippen molar-refractivity contribution in [2.45, 2.75) is 457 Å². The van der Waals surface area contributed by atoms with Crippen LogP contribution in [-0.2, 0) is 65.4 Å². The topological polar surface area (TPSA) is 237 Å². The summed E-state index contributed by atoms with van der Waals surface area (Å²) in [5.41, 5.74) is 0. The molecule has 0 bridgehead atoms. The maximum Gasteiger partial charge on any atom is 0.472 e. The summed E-state index contributed by atoms with van der Waals surface area (Å²) in [6, 6.07) is 0. The minimum Gasteiger partial charge on any atom is -0.462 e. The van der Waals surface area contributed by atoms with E-state index in [2.05, 4.69) is 34.6 Å². The van der Waals surface area contributed by atoms with Gasteiger partial charge in [-0.3, -0.25) is 37.3 Å². The Morgan fingerprint density at radius 1 is 0.267 bits per heavy atom. The average molecular weight is 1480 g/mol. The van der Waals surface area contributed by atoms with E-state index in [0.29, 0.717) is 25.7 Å². The fourth-order valence-electron chi connectivity index (χ4n) is 12.8. The molecule has 0 saturated heterocycles. The highest BCUT2D eigenvalue weighted by Gasteiger charge is 2.30. The van der Waals surface area contributed by atoms with Gasteiger partial charge in [-0.2, -0.15) is 0 Å². The zero-order chi connectivity index (χ0) is 74.1. The number of hydrogen-bond donors (Lipinski definition) is 3. The lowest BCUT2D eigenvalue weighted by molar-refractivity contribution is -0.161. The molecule has 2 unspecified atom stereocenters. The second-order valence-corrected chi connectivity index (χ2v) is 32.9. The number of carbonyl (C=O) groups is 4. The lowest BCUT2D eigenvalue weighted by Gasteiger charge is -2.21. The largest absolute Gasteiger partial charge is 0.472 e. The van der Waals surface area contributed by atoms with Crippen molar-refractivity contribution in [3.05, 3.63) is 0 Å². The summed E-state index contributed by atoms with van der Waals surface area (Å²) in [5, 5.41) is 10.7. The summed E-state index contributed by atoms with van der Waals surface area (Å²) >= 11 is 0. The first-order valence-electron chi connectivity index (χ1n) is 42.6. The first kappa shape index (κ1) is 99.1. The van der Waals surface area contributed by atoms with Gasteiger partial charge in [-0.25, -0.2) is 9.13 Å². The van der Waals surface area contributed by atoms with Crippen LogP contribution < -0.4 is 0 Å². The van der Waals surface area contributed by atoms with E-state index in [0.717, 1.165) is 95.8 Å². The van der Waals surface area contributed by atoms with Gasteiger partial charge in [0.2, 0.25) is 0 Å². The third kappa shape index (κ3) is 76.1. The Balaban J connectivity index is 5.25. The Hall–Kier alpha value is -1.94. The predicted molar refractivity (Wildman–Crippen MR) is 414 cm³/mol. The van der Waals surface area contributed by atoms with Gasteiger partial charge in [0.15, 0.2) is 12.2 Å². The molecule has 0 rings (SSSR count). The van der Waals surface area contributed by atoms with Gasteiger partial charge in [-0.15, -0.1) is 0 Å². The number of esters is 4. The van der Waals surface area contributed by atoms with Gasteiger partial charge in [-0.05, 0) is 31.6 Å². The van der Waals surface area contributed by atoms with Crippen molar-refractivity contribution in [3.8, 4) is 0 Å². The number of unbranched alkanes of at least 4 members (excludes halogenated alkanes) is 54. The van der Waals surface area contributed by atoms with Crippen LogP contribution in [0.5, 0.6) is 0 Å². The molecule has 0 aromatic carbocycles. The highest BCUT2D eigenvalue weighted by atomic mass is 31.2. The summed E-state index contributed by atoms with van der Waals surface area (Å²) in [5.74, 6) is -1.30. The molecule has 0 radical (unpaired) electrons. The van der Waals surface area contributed by atoms with Crippen molar-refractivity contribution >= 4 is 39.5 Å². The van der Waals surface area contributed by atoms with Gasteiger partial charge in [0.05, 0.1) is 26.4 Å². The van der Waals surface area contributed by atoms with E-state index < -0.39 is 97.5 Å². The van der Waals surface area contributed by atoms with Crippen LogP contribution in [0.25, 0.3) is 0 Å². The maximum absolute atomic E-state index is 13.1. The molecule has 0 spiro atoms. The Kier molecular flexibility index (Phi) is 73.5. The zero-order valence-electron chi connectivity index (χ0n) is 66.1. The van der Waals surface area contributed by atoms with Crippen molar-refractivity contribution in [1.29, 1.82) is 0 Å². The molecule has 0 heterocycles. The Morgan fingerprint density at radius 2 is 0.455 bits per heavy atom. The quantitative estimate of drug-likeness (QED) is 0.0222. The molecule has 19 heteroatoms. The molecular weight excluding hydrogens is 1320 g/mol. The minimum atomic E-state index is -4.96. The van der Waals surface area contributed by atoms with Gasteiger partial charge < -0.3 is 33.8 Å². The highest BCUT2D eigenvalue weighted by molar-refractivity contribution is 7.47. The SMILES string of the molecule is CCCCCCCCCCCCCCCCCCCCCC(=O)O[C@H](COC(=O)CCCCCCCCCCCCCCCCC(C)C)COP(=O)(O)OC[C@@H](O)COP(=O)(O)OC[C@@H](COC(=O)CCCCCCCCCCCCCC)OC(=O)CCCCCCCCCCCCCCC. The molecule has 0 saturated carbocycles. The van der Waals surface area contributed by atoms with E-state index in [-0.39, 0.29) is 25.7 Å². The molecule has 3 N–H and O–H groups in total. The van der Waals surface area contributed by atoms with E-state index in [1.807, 2.05) is 0 Å². The van der Waals surface area contributed by atoms with Crippen molar-refractivity contribution in [2.24, 2.45) is 5.92 Å². The zero-order valence-corrected chi connectivity index (χ0v) is 67.8. The number of rotatable bonds is 82. The lowest BCUT2D eigenvalue weighted by atomic mass is 10.0. The number of phosphoric acid groups is 2. The summed E-state index contributed by atoms with van der Waals surface area (Å²) in [4.78, 5) is 73.1. The third-order valence-electron chi connectivity index (χ3n) is 19.3. The number of carbonyl (C=O) groups excluding carboxylic acids is 4. The second kappa shape index (κ2) is 74.9. The fraction of sp³-hybridized carbons (Fsp3) is 0.951. The van der Waals surface area contributed by atoms with Crippen LogP contribution in [0.4, 0.5) is 0 Å². The van der Waals surface area contributed by atoms with Crippen LogP contribution in [-0.4, -0.2) is 96.7 Å². The molecule has 0 fully saturated rings. The van der Waals surface area contributed by atoms with E-state index >= 15 is 0 Å². The van der Waals surface area contributed by atoms with Crippen LogP contribution in [0.15, 0.2) is 0 Å². The third-order valence-corrected chi connectivity index (χ3v) is 21.2. The van der Waals surface area contributed by atoms with Gasteiger partial charge in [0.25, 0.3) is 0 Å². The Bertz CT molecular complexity index is 1930. The predicted octanol–water partition coefficient (Wildman–Crippen LogP) is 24.8. The molecular formula is C82H160O17P2. The number of phosphoric ester groups is 2. The molecule has 0 aliphatic rings. The van der Waals surface area contributed by atoms with Crippen LogP contribution in [0, 0.1) is 5.92 Å². The molecule has 5 atom stereocenters. The molecule has 0 aromatic rings. The van der Waals surface area contributed by atoms with Crippen molar-refractivity contribution in [1.82, 2.24) is 0 Å². The number of hydrogen-bond acceptors (Lipinski definition) is 15. The van der Waals surface area contributed by atoms with Crippen LogP contribution in [0.2, 0.25) is 0 Å². The molecule has 0 aromatic heterocycles. The minimum absolute atomic E-state index is 0.108. The molecule has 0 aliphatic carbocycles. The van der Waals surface area contributed by atoms with Crippen LogP contribution in [0.1, 0.15) is 439 Å². The van der Waals surface area contributed by atoms with Crippen molar-refractivity contribution in [3.63, 3.8) is 0 Å². The molecule has 0 amide bonds. The standard InChI is InChI=1S/C82H160O17P2/c1-6-9-12-15-18-21-24-27-28-29-30-31-32-38-43-48-53-58-63-68-82(87)99-78(72-93-80(85)66-61-56-51-46-41-37-34-33-36-39-44-49-54-59-64-75(4)5)74-97-101(90,91)95-70-76(83)69-94-100(88,89)96-73-77(71-92-79(84)65-60-55-50-45-40-26-23-20-17-14-11-8-3)98-81(86)67-62-57-52-47-42-35-25-22-19-16-13-10-7-2/h75-78,83H,6-74H2,1-5H3,(H,88,89)(H,90,91)/t76-,77+,78+/m0/s1. The van der Waals surface area contributed by atoms with Crippen molar-refractivity contribution in [2.75, 3.05) is 39.6 Å². The monoisotopic (exact) mass is 1480 g/mol. The van der Waals surface area contributed by atoms with Crippen molar-refractivity contribution < 1.29 is 80.2 Å². The van der Waals surface area contributed by atoms with Gasteiger partial charge in [-0.1, -0.05) is 388 Å². The molecule has 0 aliphatic heterocycles. The van der Waals surface area contributed by atoms with E-state index in [4.69, 9.17) is 37.0 Å². The molecule has 101 heavy (non-hydrogen) atoms. The Labute approximate surface area is 619 Å². The summed E-state index contributed by atoms with van der Waals surface area (Å²) in [7, 11) is -9.92. The van der Waals surface area contributed by atoms with Gasteiger partial charge in [0, 0.05) is 25.7 Å². The van der Waals surface area contributed by atoms with E-state index in [9.17, 15) is 43.2 Å². The average Bonchev–Trinajstić information content (AvgIpc) is 0.921. The number of aliphatic hydroxyl groups excluding tert-OH is 1. The first-order valence-corrected chi connectivity index (χ1v) is 45.6. The van der Waals surface area contributed by atoms with Crippen LogP contribution in [0.3, 0.4) is 0 Å². The maximum atomic E-state index is 13.1. The first-order chi connectivity index (χ1) is 49.0. The number of ether oxygens (including phenoxy) is 4. The fourth-order valence-corrected chi connectivity index (χ4v) is 14.3. The summed E-state index contributed by atoms with van der Waals surface area (Å²) in [6.45, 7) is 7.37. The molecule has 600 valence electrons. The lowest BCUT2D eigenvalue weighted by Crippen LogP contribution is -2.30. The summed E-state index contributed by atoms with van der Waals surface area (Å²) in [6.07, 6.45) is 66.5. The van der Waals surface area contributed by atoms with Crippen LogP contribution >= 0.6 is 15.6 Å². The van der Waals surface area contributed by atoms with E-state index in [1.54, 1.807) is 0 Å². The number of aliphatic hydroxyl groups is 1. The van der Waals surface area contributed by atoms with Gasteiger partial charge >= 0.3 is 39.5 Å².